The molecule has 0 fully saturated rings. The minimum atomic E-state index is -1.24. The Bertz CT molecular complexity index is 692. The van der Waals surface area contributed by atoms with E-state index < -0.39 is 5.97 Å². The summed E-state index contributed by atoms with van der Waals surface area (Å²) in [6.07, 6.45) is 0. The Labute approximate surface area is 128 Å². The summed E-state index contributed by atoms with van der Waals surface area (Å²) in [6.45, 7) is 0. The van der Waals surface area contributed by atoms with E-state index >= 15 is 0 Å². The number of anilines is 1. The lowest BCUT2D eigenvalue weighted by Gasteiger charge is -2.11. The lowest BCUT2D eigenvalue weighted by molar-refractivity contribution is 0.0691. The van der Waals surface area contributed by atoms with Gasteiger partial charge in [0.2, 0.25) is 0 Å². The Morgan fingerprint density at radius 1 is 1.45 bits per heavy atom. The molecule has 0 aliphatic rings. The molecule has 0 saturated carbocycles. The molecule has 0 aliphatic heterocycles. The molecule has 2 aromatic rings. The van der Waals surface area contributed by atoms with Gasteiger partial charge in [-0.05, 0) is 24.3 Å². The van der Waals surface area contributed by atoms with E-state index in [2.05, 4.69) is 20.9 Å². The molecule has 2 rings (SSSR count). The maximum Gasteiger partial charge on any atom is 0.356 e. The van der Waals surface area contributed by atoms with Gasteiger partial charge in [-0.15, -0.1) is 0 Å². The summed E-state index contributed by atoms with van der Waals surface area (Å²) in [7, 11) is 1.52. The van der Waals surface area contributed by atoms with Gasteiger partial charge in [0.25, 0.3) is 0 Å². The molecule has 0 bridgehead atoms. The number of halogens is 2. The van der Waals surface area contributed by atoms with Gasteiger partial charge in [0.15, 0.2) is 5.69 Å². The molecule has 7 heteroatoms. The third-order valence-electron chi connectivity index (χ3n) is 2.63. The fourth-order valence-corrected chi connectivity index (χ4v) is 2.25. The van der Waals surface area contributed by atoms with Gasteiger partial charge in [0.05, 0.1) is 23.5 Å². The highest BCUT2D eigenvalue weighted by atomic mass is 79.9. The number of carbonyl (C=O) groups is 1. The van der Waals surface area contributed by atoms with Crippen LogP contribution in [0.5, 0.6) is 5.75 Å². The van der Waals surface area contributed by atoms with Crippen molar-refractivity contribution in [1.29, 1.82) is 0 Å². The third kappa shape index (κ3) is 2.71. The maximum absolute atomic E-state index is 11.1. The monoisotopic (exact) mass is 356 g/mol. The van der Waals surface area contributed by atoms with E-state index in [4.69, 9.17) is 27.2 Å². The minimum absolute atomic E-state index is 0.0739. The van der Waals surface area contributed by atoms with E-state index in [1.807, 2.05) is 0 Å². The lowest BCUT2D eigenvalue weighted by Crippen LogP contribution is -2.05. The van der Waals surface area contributed by atoms with Crippen molar-refractivity contribution in [2.45, 2.75) is 0 Å². The van der Waals surface area contributed by atoms with Crippen LogP contribution in [0.4, 0.5) is 5.69 Å². The summed E-state index contributed by atoms with van der Waals surface area (Å²) in [5.41, 5.74) is 6.59. The van der Waals surface area contributed by atoms with Gasteiger partial charge in [-0.2, -0.15) is 0 Å². The summed E-state index contributed by atoms with van der Waals surface area (Å²) in [6, 6.07) is 6.82. The van der Waals surface area contributed by atoms with Gasteiger partial charge >= 0.3 is 5.97 Å². The predicted molar refractivity (Wildman–Crippen MR) is 80.3 cm³/mol. The largest absolute Gasteiger partial charge is 0.496 e. The molecule has 5 nitrogen and oxygen atoms in total. The molecule has 1 aromatic heterocycles. The van der Waals surface area contributed by atoms with Crippen molar-refractivity contribution in [2.75, 3.05) is 12.8 Å². The number of hydrogen-bond donors (Lipinski definition) is 2. The molecule has 3 N–H and O–H groups in total. The van der Waals surface area contributed by atoms with Crippen LogP contribution in [0.25, 0.3) is 11.3 Å². The number of ether oxygens (including phenoxy) is 1. The number of nitrogens with two attached hydrogens (primary N) is 1. The predicted octanol–water partition coefficient (Wildman–Crippen LogP) is 3.45. The zero-order chi connectivity index (χ0) is 14.9. The SMILES string of the molecule is COc1ccc(Br)cc1-c1cc(N)c(Cl)c(C(=O)O)n1. The molecule has 0 amide bonds. The van der Waals surface area contributed by atoms with Crippen LogP contribution in [0.2, 0.25) is 5.02 Å². The van der Waals surface area contributed by atoms with Crippen molar-refractivity contribution in [3.05, 3.63) is 39.5 Å². The van der Waals surface area contributed by atoms with Crippen LogP contribution in [-0.2, 0) is 0 Å². The number of pyridine rings is 1. The van der Waals surface area contributed by atoms with Crippen LogP contribution < -0.4 is 10.5 Å². The summed E-state index contributed by atoms with van der Waals surface area (Å²) < 4.78 is 6.05. The summed E-state index contributed by atoms with van der Waals surface area (Å²) in [5, 5.41) is 9.03. The van der Waals surface area contributed by atoms with Crippen molar-refractivity contribution < 1.29 is 14.6 Å². The normalized spacial score (nSPS) is 10.3. The second kappa shape index (κ2) is 5.68. The van der Waals surface area contributed by atoms with Crippen molar-refractivity contribution >= 4 is 39.2 Å². The minimum Gasteiger partial charge on any atom is -0.496 e. The average molecular weight is 358 g/mol. The number of rotatable bonds is 3. The Hall–Kier alpha value is -1.79. The number of nitrogen functional groups attached to an aromatic ring is 1. The molecular weight excluding hydrogens is 348 g/mol. The number of carboxylic acids is 1. The number of aromatic nitrogens is 1. The summed E-state index contributed by atoms with van der Waals surface area (Å²) in [4.78, 5) is 15.2. The van der Waals surface area contributed by atoms with Gasteiger partial charge in [-0.3, -0.25) is 0 Å². The van der Waals surface area contributed by atoms with Gasteiger partial charge in [-0.1, -0.05) is 27.5 Å². The zero-order valence-electron chi connectivity index (χ0n) is 10.4. The Balaban J connectivity index is 2.70. The molecule has 0 radical (unpaired) electrons. The molecule has 1 heterocycles. The highest BCUT2D eigenvalue weighted by Crippen LogP contribution is 2.34. The van der Waals surface area contributed by atoms with Crippen molar-refractivity contribution in [3.8, 4) is 17.0 Å². The topological polar surface area (TPSA) is 85.4 Å². The number of aromatic carboxylic acids is 1. The van der Waals surface area contributed by atoms with E-state index in [0.29, 0.717) is 17.0 Å². The quantitative estimate of drug-likeness (QED) is 0.878. The Kier molecular flexibility index (Phi) is 4.15. The number of hydrogen-bond acceptors (Lipinski definition) is 4. The maximum atomic E-state index is 11.1. The molecule has 0 aliphatic carbocycles. The lowest BCUT2D eigenvalue weighted by atomic mass is 10.1. The van der Waals surface area contributed by atoms with E-state index in [1.54, 1.807) is 18.2 Å². The standard InChI is InChI=1S/C13H10BrClN2O3/c1-20-10-3-2-6(14)4-7(10)9-5-8(16)11(15)12(17-9)13(18)19/h2-5H,1H3,(H2,16,17)(H,18,19). The Morgan fingerprint density at radius 3 is 2.75 bits per heavy atom. The van der Waals surface area contributed by atoms with E-state index in [0.717, 1.165) is 4.47 Å². The molecule has 0 spiro atoms. The molecule has 1 aromatic carbocycles. The fraction of sp³-hybridized carbons (Fsp3) is 0.0769. The van der Waals surface area contributed by atoms with Crippen molar-refractivity contribution in [1.82, 2.24) is 4.98 Å². The van der Waals surface area contributed by atoms with Crippen molar-refractivity contribution in [2.24, 2.45) is 0 Å². The van der Waals surface area contributed by atoms with Gasteiger partial charge in [0.1, 0.15) is 5.75 Å². The first-order chi connectivity index (χ1) is 9.43. The van der Waals surface area contributed by atoms with E-state index in [9.17, 15) is 4.79 Å². The highest BCUT2D eigenvalue weighted by molar-refractivity contribution is 9.10. The molecule has 0 unspecified atom stereocenters. The number of nitrogens with zero attached hydrogens (tertiary/aromatic N) is 1. The summed E-state index contributed by atoms with van der Waals surface area (Å²) in [5.74, 6) is -0.684. The second-order valence-electron chi connectivity index (χ2n) is 3.91. The van der Waals surface area contributed by atoms with Crippen LogP contribution in [0.3, 0.4) is 0 Å². The van der Waals surface area contributed by atoms with Crippen LogP contribution in [0, 0.1) is 0 Å². The fourth-order valence-electron chi connectivity index (χ4n) is 1.71. The van der Waals surface area contributed by atoms with E-state index in [1.165, 1.54) is 13.2 Å². The van der Waals surface area contributed by atoms with Crippen LogP contribution >= 0.6 is 27.5 Å². The molecule has 0 saturated heterocycles. The van der Waals surface area contributed by atoms with E-state index in [-0.39, 0.29) is 16.4 Å². The van der Waals surface area contributed by atoms with Crippen molar-refractivity contribution in [3.63, 3.8) is 0 Å². The van der Waals surface area contributed by atoms with Crippen LogP contribution in [0.1, 0.15) is 10.5 Å². The first kappa shape index (κ1) is 14.6. The summed E-state index contributed by atoms with van der Waals surface area (Å²) >= 11 is 9.19. The second-order valence-corrected chi connectivity index (χ2v) is 5.20. The number of benzene rings is 1. The highest BCUT2D eigenvalue weighted by Gasteiger charge is 2.17. The third-order valence-corrected chi connectivity index (χ3v) is 3.52. The zero-order valence-corrected chi connectivity index (χ0v) is 12.7. The smallest absolute Gasteiger partial charge is 0.356 e. The molecular formula is C13H10BrClN2O3. The van der Waals surface area contributed by atoms with Crippen LogP contribution in [0.15, 0.2) is 28.7 Å². The average Bonchev–Trinajstić information content (AvgIpc) is 2.41. The molecule has 20 heavy (non-hydrogen) atoms. The number of carboxylic acid groups (broad SMARTS) is 1. The molecule has 0 atom stereocenters. The van der Waals surface area contributed by atoms with Gasteiger partial charge in [-0.25, -0.2) is 9.78 Å². The Morgan fingerprint density at radius 2 is 2.15 bits per heavy atom. The van der Waals surface area contributed by atoms with Gasteiger partial charge in [0, 0.05) is 10.0 Å². The van der Waals surface area contributed by atoms with Crippen LogP contribution in [-0.4, -0.2) is 23.2 Å². The number of methoxy groups -OCH3 is 1. The van der Waals surface area contributed by atoms with Gasteiger partial charge < -0.3 is 15.6 Å². The molecule has 104 valence electrons. The first-order valence-electron chi connectivity index (χ1n) is 5.47. The first-order valence-corrected chi connectivity index (χ1v) is 6.64.